The molecule has 0 bridgehead atoms. The van der Waals surface area contributed by atoms with E-state index in [1.165, 1.54) is 0 Å². The standard InChI is InChI=1S/C10H10F12O6S2/c1-4(28-30(25,26)6(9(17,18)19)10(20,21)22)2-3-27-29(23,24)5(7(11,12)13)8(14,15)16/h4-6H,2-3H2,1H3. The summed E-state index contributed by atoms with van der Waals surface area (Å²) in [6.07, 6.45) is -29.1. The highest BCUT2D eigenvalue weighted by Crippen LogP contribution is 2.40. The summed E-state index contributed by atoms with van der Waals surface area (Å²) in [4.78, 5) is 0. The molecule has 0 saturated carbocycles. The van der Waals surface area contributed by atoms with E-state index in [9.17, 15) is 69.5 Å². The van der Waals surface area contributed by atoms with Crippen LogP contribution in [0.15, 0.2) is 0 Å². The molecule has 0 aliphatic carbocycles. The fourth-order valence-corrected chi connectivity index (χ4v) is 4.20. The van der Waals surface area contributed by atoms with Crippen molar-refractivity contribution in [2.75, 3.05) is 6.61 Å². The Balaban J connectivity index is 5.31. The van der Waals surface area contributed by atoms with E-state index in [0.717, 1.165) is 0 Å². The first kappa shape index (κ1) is 29.0. The average molecular weight is 518 g/mol. The summed E-state index contributed by atoms with van der Waals surface area (Å²) in [6, 6.07) is 0. The lowest BCUT2D eigenvalue weighted by atomic mass is 10.3. The Bertz CT molecular complexity index is 748. The Hall–Kier alpha value is -1.02. The molecule has 0 aliphatic rings. The highest BCUT2D eigenvalue weighted by Gasteiger charge is 2.66. The van der Waals surface area contributed by atoms with Gasteiger partial charge in [0.25, 0.3) is 30.7 Å². The third-order valence-electron chi connectivity index (χ3n) is 2.84. The van der Waals surface area contributed by atoms with E-state index in [1.807, 2.05) is 0 Å². The SMILES string of the molecule is CC(CCOS(=O)(=O)C(C(F)(F)F)C(F)(F)F)OS(=O)(=O)C(C(F)(F)F)C(F)(F)F. The summed E-state index contributed by atoms with van der Waals surface area (Å²) >= 11 is 0. The Morgan fingerprint density at radius 3 is 1.23 bits per heavy atom. The van der Waals surface area contributed by atoms with E-state index in [4.69, 9.17) is 0 Å². The minimum Gasteiger partial charge on any atom is -0.269 e. The Labute approximate surface area is 160 Å². The van der Waals surface area contributed by atoms with Crippen molar-refractivity contribution < 1.29 is 77.9 Å². The molecule has 30 heavy (non-hydrogen) atoms. The summed E-state index contributed by atoms with van der Waals surface area (Å²) in [7, 11) is -12.9. The molecule has 182 valence electrons. The quantitative estimate of drug-likeness (QED) is 0.362. The molecule has 20 heteroatoms. The third kappa shape index (κ3) is 8.25. The maximum Gasteiger partial charge on any atom is 0.416 e. The molecule has 0 aromatic rings. The lowest BCUT2D eigenvalue weighted by Crippen LogP contribution is -2.49. The van der Waals surface area contributed by atoms with E-state index >= 15 is 0 Å². The molecule has 0 aromatic carbocycles. The van der Waals surface area contributed by atoms with Gasteiger partial charge in [0.15, 0.2) is 0 Å². The Kier molecular flexibility index (Phi) is 8.55. The Morgan fingerprint density at radius 1 is 0.633 bits per heavy atom. The second-order valence-corrected chi connectivity index (χ2v) is 8.77. The van der Waals surface area contributed by atoms with Gasteiger partial charge < -0.3 is 0 Å². The van der Waals surface area contributed by atoms with Gasteiger partial charge in [0.05, 0.1) is 12.7 Å². The molecule has 0 radical (unpaired) electrons. The zero-order valence-electron chi connectivity index (χ0n) is 13.9. The van der Waals surface area contributed by atoms with Crippen LogP contribution in [0.3, 0.4) is 0 Å². The molecule has 0 heterocycles. The molecular formula is C10H10F12O6S2. The maximum atomic E-state index is 12.4. The number of alkyl halides is 12. The molecule has 0 aliphatic heterocycles. The van der Waals surface area contributed by atoms with Gasteiger partial charge in [-0.3, -0.25) is 8.37 Å². The topological polar surface area (TPSA) is 86.7 Å². The first-order valence-corrected chi connectivity index (χ1v) is 9.85. The smallest absolute Gasteiger partial charge is 0.269 e. The molecule has 0 rings (SSSR count). The lowest BCUT2D eigenvalue weighted by Gasteiger charge is -2.24. The highest BCUT2D eigenvalue weighted by atomic mass is 32.2. The number of halogens is 12. The van der Waals surface area contributed by atoms with Crippen molar-refractivity contribution in [3.8, 4) is 0 Å². The van der Waals surface area contributed by atoms with Gasteiger partial charge in [-0.1, -0.05) is 0 Å². The van der Waals surface area contributed by atoms with Crippen LogP contribution in [0.5, 0.6) is 0 Å². The molecule has 0 N–H and O–H groups in total. The predicted molar refractivity (Wildman–Crippen MR) is 70.8 cm³/mol. The fraction of sp³-hybridized carbons (Fsp3) is 1.00. The summed E-state index contributed by atoms with van der Waals surface area (Å²) in [5, 5.41) is -10.0. The van der Waals surface area contributed by atoms with Gasteiger partial charge in [0.1, 0.15) is 0 Å². The van der Waals surface area contributed by atoms with E-state index in [2.05, 4.69) is 8.37 Å². The fourth-order valence-electron chi connectivity index (χ4n) is 1.76. The monoisotopic (exact) mass is 518 g/mol. The van der Waals surface area contributed by atoms with Crippen LogP contribution < -0.4 is 0 Å². The summed E-state index contributed by atoms with van der Waals surface area (Å²) in [5.41, 5.74) is 0. The van der Waals surface area contributed by atoms with Crippen molar-refractivity contribution in [2.45, 2.75) is 54.7 Å². The first-order valence-electron chi connectivity index (χ1n) is 6.90. The van der Waals surface area contributed by atoms with Crippen LogP contribution >= 0.6 is 0 Å². The maximum absolute atomic E-state index is 12.4. The molecule has 0 fully saturated rings. The summed E-state index contributed by atoms with van der Waals surface area (Å²) < 4.78 is 200. The van der Waals surface area contributed by atoms with Crippen LogP contribution in [0.2, 0.25) is 0 Å². The minimum atomic E-state index is -6.48. The van der Waals surface area contributed by atoms with Crippen LogP contribution in [0, 0.1) is 0 Å². The molecule has 0 spiro atoms. The predicted octanol–water partition coefficient (Wildman–Crippen LogP) is 3.44. The van der Waals surface area contributed by atoms with Crippen molar-refractivity contribution in [2.24, 2.45) is 0 Å². The molecule has 0 saturated heterocycles. The van der Waals surface area contributed by atoms with Crippen LogP contribution in [-0.4, -0.2) is 64.8 Å². The Morgan fingerprint density at radius 2 is 0.933 bits per heavy atom. The largest absolute Gasteiger partial charge is 0.416 e. The number of rotatable bonds is 8. The summed E-state index contributed by atoms with van der Waals surface area (Å²) in [6.45, 7) is -1.24. The minimum absolute atomic E-state index is 0.447. The van der Waals surface area contributed by atoms with Crippen molar-refractivity contribution in [3.05, 3.63) is 0 Å². The second-order valence-electron chi connectivity index (χ2n) is 5.43. The molecule has 0 aromatic heterocycles. The van der Waals surface area contributed by atoms with Crippen molar-refractivity contribution in [1.82, 2.24) is 0 Å². The van der Waals surface area contributed by atoms with Gasteiger partial charge in [-0.2, -0.15) is 69.5 Å². The van der Waals surface area contributed by atoms with Crippen molar-refractivity contribution in [3.63, 3.8) is 0 Å². The normalized spacial score (nSPS) is 16.4. The van der Waals surface area contributed by atoms with E-state index in [0.29, 0.717) is 6.92 Å². The van der Waals surface area contributed by atoms with Gasteiger partial charge in [-0.15, -0.1) is 0 Å². The molecule has 6 nitrogen and oxygen atoms in total. The van der Waals surface area contributed by atoms with Crippen molar-refractivity contribution in [1.29, 1.82) is 0 Å². The van der Waals surface area contributed by atoms with Gasteiger partial charge in [0.2, 0.25) is 0 Å². The molecule has 1 unspecified atom stereocenters. The van der Waals surface area contributed by atoms with Crippen molar-refractivity contribution >= 4 is 20.2 Å². The number of hydrogen-bond acceptors (Lipinski definition) is 6. The van der Waals surface area contributed by atoms with Crippen LogP contribution in [-0.2, 0) is 28.6 Å². The van der Waals surface area contributed by atoms with E-state index < -0.39 is 74.6 Å². The van der Waals surface area contributed by atoms with E-state index in [1.54, 1.807) is 0 Å². The van der Waals surface area contributed by atoms with Crippen LogP contribution in [0.4, 0.5) is 52.7 Å². The van der Waals surface area contributed by atoms with Gasteiger partial charge in [-0.25, -0.2) is 0 Å². The second kappa shape index (κ2) is 8.85. The van der Waals surface area contributed by atoms with Gasteiger partial charge >= 0.3 is 24.7 Å². The number of hydrogen-bond donors (Lipinski definition) is 0. The molecular weight excluding hydrogens is 508 g/mol. The molecule has 1 atom stereocenters. The first-order chi connectivity index (χ1) is 12.8. The third-order valence-corrected chi connectivity index (χ3v) is 6.15. The van der Waals surface area contributed by atoms with Crippen LogP contribution in [0.25, 0.3) is 0 Å². The highest BCUT2D eigenvalue weighted by molar-refractivity contribution is 7.87. The molecule has 0 amide bonds. The lowest BCUT2D eigenvalue weighted by molar-refractivity contribution is -0.229. The summed E-state index contributed by atoms with van der Waals surface area (Å²) in [5.74, 6) is 0. The van der Waals surface area contributed by atoms with Gasteiger partial charge in [-0.05, 0) is 13.3 Å². The zero-order chi connectivity index (χ0) is 24.6. The zero-order valence-corrected chi connectivity index (χ0v) is 15.6. The van der Waals surface area contributed by atoms with Crippen LogP contribution in [0.1, 0.15) is 13.3 Å². The van der Waals surface area contributed by atoms with Gasteiger partial charge in [0, 0.05) is 0 Å². The average Bonchev–Trinajstić information content (AvgIpc) is 2.26. The van der Waals surface area contributed by atoms with E-state index in [-0.39, 0.29) is 0 Å².